The molecule has 10 heavy (non-hydrogen) atoms. The van der Waals surface area contributed by atoms with Crippen LogP contribution in [-0.2, 0) is 0 Å². The molecule has 0 radical (unpaired) electrons. The molecule has 0 saturated carbocycles. The molecule has 0 aromatic heterocycles. The molecule has 0 aliphatic rings. The van der Waals surface area contributed by atoms with E-state index in [1.165, 1.54) is 0 Å². The van der Waals surface area contributed by atoms with Crippen molar-refractivity contribution in [3.05, 3.63) is 0 Å². The van der Waals surface area contributed by atoms with Gasteiger partial charge in [-0.3, -0.25) is 0 Å². The van der Waals surface area contributed by atoms with E-state index < -0.39 is 12.7 Å². The fraction of sp³-hybridized carbons (Fsp3) is 0.667. The van der Waals surface area contributed by atoms with Crippen molar-refractivity contribution in [1.82, 2.24) is 5.32 Å². The van der Waals surface area contributed by atoms with Crippen molar-refractivity contribution in [1.29, 1.82) is 0 Å². The van der Waals surface area contributed by atoms with Crippen LogP contribution in [0.2, 0.25) is 0 Å². The van der Waals surface area contributed by atoms with Gasteiger partial charge >= 0.3 is 6.18 Å². The molecule has 7 heteroatoms. The van der Waals surface area contributed by atoms with Crippen molar-refractivity contribution in [3.8, 4) is 0 Å². The van der Waals surface area contributed by atoms with Gasteiger partial charge in [-0.25, -0.2) is 0 Å². The second kappa shape index (κ2) is 4.29. The second-order valence-corrected chi connectivity index (χ2v) is 1.77. The maximum absolute atomic E-state index is 11.2. The van der Waals surface area contributed by atoms with E-state index >= 15 is 0 Å². The van der Waals surface area contributed by atoms with E-state index in [1.54, 1.807) is 5.32 Å². The monoisotopic (exact) mass is 176 g/mol. The first-order valence-corrected chi connectivity index (χ1v) is 2.43. The number of nitrogens with one attached hydrogen (secondary N) is 1. The van der Waals surface area contributed by atoms with E-state index in [1.807, 2.05) is 0 Å². The standard InChI is InChI=1S/C3H5F3N2S.H2O/c4-3(5,6)1-8-2(7)9;/h1H2,(H3,7,8,9);1H2. The lowest BCUT2D eigenvalue weighted by Gasteiger charge is -2.06. The molecule has 0 aliphatic carbocycles. The highest BCUT2D eigenvalue weighted by atomic mass is 32.1. The fourth-order valence-corrected chi connectivity index (χ4v) is 0.260. The van der Waals surface area contributed by atoms with Crippen molar-refractivity contribution < 1.29 is 18.6 Å². The quantitative estimate of drug-likeness (QED) is 0.532. The maximum Gasteiger partial charge on any atom is 0.405 e. The first-order valence-electron chi connectivity index (χ1n) is 2.02. The molecule has 0 bridgehead atoms. The molecule has 0 aromatic rings. The number of hydrogen-bond donors (Lipinski definition) is 2. The highest BCUT2D eigenvalue weighted by molar-refractivity contribution is 7.80. The van der Waals surface area contributed by atoms with Crippen molar-refractivity contribution in [2.24, 2.45) is 5.73 Å². The predicted molar refractivity (Wildman–Crippen MR) is 34.5 cm³/mol. The van der Waals surface area contributed by atoms with Crippen LogP contribution in [0.25, 0.3) is 0 Å². The van der Waals surface area contributed by atoms with E-state index in [0.29, 0.717) is 0 Å². The molecule has 0 unspecified atom stereocenters. The molecule has 0 heterocycles. The number of alkyl halides is 3. The van der Waals surface area contributed by atoms with Crippen LogP contribution in [0, 0.1) is 0 Å². The lowest BCUT2D eigenvalue weighted by Crippen LogP contribution is -2.36. The van der Waals surface area contributed by atoms with Crippen LogP contribution < -0.4 is 11.1 Å². The van der Waals surface area contributed by atoms with Gasteiger partial charge in [0.15, 0.2) is 5.11 Å². The molecule has 5 N–H and O–H groups in total. The Morgan fingerprint density at radius 2 is 1.90 bits per heavy atom. The first kappa shape index (κ1) is 12.1. The van der Waals surface area contributed by atoms with Gasteiger partial charge in [0, 0.05) is 0 Å². The van der Waals surface area contributed by atoms with Gasteiger partial charge in [0.2, 0.25) is 0 Å². The van der Waals surface area contributed by atoms with Crippen LogP contribution in [0.5, 0.6) is 0 Å². The zero-order chi connectivity index (χ0) is 7.49. The van der Waals surface area contributed by atoms with Gasteiger partial charge in [-0.15, -0.1) is 0 Å². The third kappa shape index (κ3) is 10.4. The molecule has 0 aliphatic heterocycles. The Bertz CT molecular complexity index is 115. The Morgan fingerprint density at radius 3 is 2.00 bits per heavy atom. The minimum absolute atomic E-state index is 0. The molecule has 0 fully saturated rings. The fourth-order valence-electron chi connectivity index (χ4n) is 0.187. The summed E-state index contributed by atoms with van der Waals surface area (Å²) in [7, 11) is 0. The van der Waals surface area contributed by atoms with Crippen molar-refractivity contribution in [2.75, 3.05) is 6.54 Å². The molecular formula is C3H7F3N2OS. The van der Waals surface area contributed by atoms with E-state index in [4.69, 9.17) is 5.73 Å². The summed E-state index contributed by atoms with van der Waals surface area (Å²) in [5, 5.41) is 1.43. The van der Waals surface area contributed by atoms with E-state index in [9.17, 15) is 13.2 Å². The number of halogens is 3. The summed E-state index contributed by atoms with van der Waals surface area (Å²) >= 11 is 4.13. The third-order valence-electron chi connectivity index (χ3n) is 0.463. The van der Waals surface area contributed by atoms with Crippen LogP contribution in [0.15, 0.2) is 0 Å². The average molecular weight is 176 g/mol. The molecule has 0 aromatic carbocycles. The molecule has 62 valence electrons. The van der Waals surface area contributed by atoms with E-state index in [0.717, 1.165) is 0 Å². The minimum Gasteiger partial charge on any atom is -0.412 e. The highest BCUT2D eigenvalue weighted by Gasteiger charge is 2.26. The lowest BCUT2D eigenvalue weighted by atomic mass is 10.6. The van der Waals surface area contributed by atoms with Crippen LogP contribution in [0.1, 0.15) is 0 Å². The summed E-state index contributed by atoms with van der Waals surface area (Å²) in [6.45, 7) is -1.16. The smallest absolute Gasteiger partial charge is 0.405 e. The van der Waals surface area contributed by atoms with Crippen LogP contribution >= 0.6 is 12.2 Å². The van der Waals surface area contributed by atoms with Crippen molar-refractivity contribution in [2.45, 2.75) is 6.18 Å². The molecule has 0 saturated heterocycles. The number of rotatable bonds is 1. The Morgan fingerprint density at radius 1 is 1.50 bits per heavy atom. The SMILES string of the molecule is NC(=S)NCC(F)(F)F.O. The van der Waals surface area contributed by atoms with Gasteiger partial charge in [-0.1, -0.05) is 0 Å². The van der Waals surface area contributed by atoms with Gasteiger partial charge in [-0.2, -0.15) is 13.2 Å². The topological polar surface area (TPSA) is 69.5 Å². The van der Waals surface area contributed by atoms with E-state index in [2.05, 4.69) is 12.2 Å². The summed E-state index contributed by atoms with van der Waals surface area (Å²) in [5.41, 5.74) is 4.72. The summed E-state index contributed by atoms with van der Waals surface area (Å²) in [6.07, 6.45) is -4.25. The van der Waals surface area contributed by atoms with Crippen molar-refractivity contribution in [3.63, 3.8) is 0 Å². The van der Waals surface area contributed by atoms with Gasteiger partial charge in [0.25, 0.3) is 0 Å². The Kier molecular flexibility index (Phi) is 5.21. The lowest BCUT2D eigenvalue weighted by molar-refractivity contribution is -0.121. The number of nitrogens with two attached hydrogens (primary N) is 1. The van der Waals surface area contributed by atoms with Crippen LogP contribution in [-0.4, -0.2) is 23.3 Å². The Balaban J connectivity index is 0. The number of hydrogen-bond acceptors (Lipinski definition) is 1. The summed E-state index contributed by atoms with van der Waals surface area (Å²) in [6, 6.07) is 0. The molecule has 0 amide bonds. The Labute approximate surface area is 60.7 Å². The normalized spacial score (nSPS) is 9.90. The second-order valence-electron chi connectivity index (χ2n) is 1.33. The van der Waals surface area contributed by atoms with Gasteiger partial charge in [0.05, 0.1) is 0 Å². The maximum atomic E-state index is 11.2. The molecule has 0 rings (SSSR count). The predicted octanol–water partition coefficient (Wildman–Crippen LogP) is -0.443. The van der Waals surface area contributed by atoms with Gasteiger partial charge in [-0.05, 0) is 12.2 Å². The zero-order valence-corrected chi connectivity index (χ0v) is 5.64. The highest BCUT2D eigenvalue weighted by Crippen LogP contribution is 2.11. The minimum atomic E-state index is -4.25. The third-order valence-corrected chi connectivity index (χ3v) is 0.607. The zero-order valence-electron chi connectivity index (χ0n) is 4.83. The summed E-state index contributed by atoms with van der Waals surface area (Å²) < 4.78 is 33.7. The van der Waals surface area contributed by atoms with Gasteiger partial charge in [0.1, 0.15) is 6.54 Å². The first-order chi connectivity index (χ1) is 3.92. The summed E-state index contributed by atoms with van der Waals surface area (Å²) in [4.78, 5) is 0. The van der Waals surface area contributed by atoms with Crippen molar-refractivity contribution >= 4 is 17.3 Å². The average Bonchev–Trinajstić information content (AvgIpc) is 1.59. The molecule has 0 spiro atoms. The van der Waals surface area contributed by atoms with Crippen LogP contribution in [0.4, 0.5) is 13.2 Å². The number of thiocarbonyl (C=S) groups is 1. The van der Waals surface area contributed by atoms with E-state index in [-0.39, 0.29) is 10.6 Å². The molecular weight excluding hydrogens is 169 g/mol. The largest absolute Gasteiger partial charge is 0.412 e. The summed E-state index contributed by atoms with van der Waals surface area (Å²) in [5.74, 6) is 0. The Hall–Kier alpha value is -0.560. The molecule has 3 nitrogen and oxygen atoms in total. The van der Waals surface area contributed by atoms with Gasteiger partial charge < -0.3 is 16.5 Å². The van der Waals surface area contributed by atoms with Crippen LogP contribution in [0.3, 0.4) is 0 Å². The molecule has 0 atom stereocenters.